The summed E-state index contributed by atoms with van der Waals surface area (Å²) in [5.41, 5.74) is 7.42. The highest BCUT2D eigenvalue weighted by molar-refractivity contribution is 5.65. The maximum Gasteiger partial charge on any atom is 0.0740 e. The van der Waals surface area contributed by atoms with Crippen molar-refractivity contribution in [1.82, 2.24) is 0 Å². The number of nitrogens with two attached hydrogens (primary N) is 1. The van der Waals surface area contributed by atoms with Crippen molar-refractivity contribution in [3.63, 3.8) is 0 Å². The van der Waals surface area contributed by atoms with Crippen LogP contribution in [-0.2, 0) is 0 Å². The Morgan fingerprint density at radius 2 is 1.88 bits per heavy atom. The van der Waals surface area contributed by atoms with E-state index in [9.17, 15) is 5.11 Å². The second-order valence-electron chi connectivity index (χ2n) is 4.11. The number of rotatable bonds is 6. The molecule has 0 saturated carbocycles. The minimum Gasteiger partial charge on any atom is -0.397 e. The van der Waals surface area contributed by atoms with Gasteiger partial charge in [-0.2, -0.15) is 0 Å². The zero-order valence-electron chi connectivity index (χ0n) is 10.1. The zero-order chi connectivity index (χ0) is 12.0. The van der Waals surface area contributed by atoms with Gasteiger partial charge in [-0.25, -0.2) is 0 Å². The van der Waals surface area contributed by atoms with Gasteiger partial charge in [-0.1, -0.05) is 38.8 Å². The van der Waals surface area contributed by atoms with Gasteiger partial charge in [0.15, 0.2) is 0 Å². The highest BCUT2D eigenvalue weighted by Gasteiger charge is 2.15. The van der Waals surface area contributed by atoms with E-state index >= 15 is 0 Å². The lowest BCUT2D eigenvalue weighted by Crippen LogP contribution is -2.27. The van der Waals surface area contributed by atoms with Crippen LogP contribution in [0.15, 0.2) is 24.3 Å². The smallest absolute Gasteiger partial charge is 0.0740 e. The van der Waals surface area contributed by atoms with Crippen LogP contribution in [0.3, 0.4) is 0 Å². The number of nitrogen functional groups attached to an aromatic ring is 1. The predicted molar refractivity (Wildman–Crippen MR) is 69.4 cm³/mol. The fraction of sp³-hybridized carbons (Fsp3) is 0.538. The number of hydrogen-bond donors (Lipinski definition) is 3. The first kappa shape index (κ1) is 12.8. The average Bonchev–Trinajstić information content (AvgIpc) is 2.29. The van der Waals surface area contributed by atoms with Gasteiger partial charge in [0, 0.05) is 6.54 Å². The van der Waals surface area contributed by atoms with Crippen LogP contribution >= 0.6 is 0 Å². The Morgan fingerprint density at radius 3 is 2.44 bits per heavy atom. The third-order valence-electron chi connectivity index (χ3n) is 3.06. The van der Waals surface area contributed by atoms with Crippen LogP contribution in [0.5, 0.6) is 0 Å². The third kappa shape index (κ3) is 3.42. The Morgan fingerprint density at radius 1 is 1.25 bits per heavy atom. The lowest BCUT2D eigenvalue weighted by molar-refractivity contribution is 0.114. The van der Waals surface area contributed by atoms with Gasteiger partial charge in [0.25, 0.3) is 0 Å². The largest absolute Gasteiger partial charge is 0.397 e. The summed E-state index contributed by atoms with van der Waals surface area (Å²) in [6.07, 6.45) is 1.70. The van der Waals surface area contributed by atoms with Gasteiger partial charge in [-0.15, -0.1) is 0 Å². The van der Waals surface area contributed by atoms with E-state index in [1.165, 1.54) is 0 Å². The molecule has 3 nitrogen and oxygen atoms in total. The Kier molecular flexibility index (Phi) is 5.12. The van der Waals surface area contributed by atoms with E-state index in [-0.39, 0.29) is 6.10 Å². The van der Waals surface area contributed by atoms with Crippen molar-refractivity contribution in [2.24, 2.45) is 5.92 Å². The Balaban J connectivity index is 2.48. The van der Waals surface area contributed by atoms with Gasteiger partial charge in [0.2, 0.25) is 0 Å². The van der Waals surface area contributed by atoms with Crippen LogP contribution in [0.1, 0.15) is 26.7 Å². The fourth-order valence-corrected chi connectivity index (χ4v) is 1.87. The summed E-state index contributed by atoms with van der Waals surface area (Å²) in [7, 11) is 0. The molecule has 1 aromatic carbocycles. The second kappa shape index (κ2) is 6.38. The van der Waals surface area contributed by atoms with Crippen LogP contribution in [0, 0.1) is 5.92 Å². The van der Waals surface area contributed by atoms with Gasteiger partial charge >= 0.3 is 0 Å². The maximum atomic E-state index is 9.96. The molecule has 0 saturated heterocycles. The quantitative estimate of drug-likeness (QED) is 0.648. The molecule has 1 atom stereocenters. The van der Waals surface area contributed by atoms with Crippen molar-refractivity contribution in [3.8, 4) is 0 Å². The molecule has 0 fully saturated rings. The monoisotopic (exact) mass is 222 g/mol. The molecule has 0 radical (unpaired) electrons. The standard InChI is InChI=1S/C13H22N2O/c1-3-10(4-2)13(16)9-15-12-8-6-5-7-11(12)14/h5-8,10,13,15-16H,3-4,9,14H2,1-2H3. The van der Waals surface area contributed by atoms with Crippen LogP contribution in [-0.4, -0.2) is 17.8 Å². The Bertz CT molecular complexity index is 311. The van der Waals surface area contributed by atoms with Crippen molar-refractivity contribution in [2.75, 3.05) is 17.6 Å². The summed E-state index contributed by atoms with van der Waals surface area (Å²) in [4.78, 5) is 0. The van der Waals surface area contributed by atoms with E-state index in [1.807, 2.05) is 24.3 Å². The molecule has 0 aliphatic carbocycles. The minimum absolute atomic E-state index is 0.311. The molecule has 3 heteroatoms. The summed E-state index contributed by atoms with van der Waals surface area (Å²) < 4.78 is 0. The summed E-state index contributed by atoms with van der Waals surface area (Å²) in [5.74, 6) is 0.359. The first-order valence-corrected chi connectivity index (χ1v) is 5.95. The Labute approximate surface area is 97.7 Å². The van der Waals surface area contributed by atoms with Crippen LogP contribution in [0.25, 0.3) is 0 Å². The molecule has 0 bridgehead atoms. The van der Waals surface area contributed by atoms with Gasteiger partial charge in [0.05, 0.1) is 17.5 Å². The summed E-state index contributed by atoms with van der Waals surface area (Å²) >= 11 is 0. The van der Waals surface area contributed by atoms with Crippen LogP contribution in [0.4, 0.5) is 11.4 Å². The number of anilines is 2. The molecule has 1 unspecified atom stereocenters. The van der Waals surface area contributed by atoms with E-state index in [4.69, 9.17) is 5.73 Å². The molecule has 0 aliphatic rings. The van der Waals surface area contributed by atoms with Crippen molar-refractivity contribution in [1.29, 1.82) is 0 Å². The molecular weight excluding hydrogens is 200 g/mol. The number of nitrogens with one attached hydrogen (secondary N) is 1. The number of benzene rings is 1. The first-order valence-electron chi connectivity index (χ1n) is 5.95. The summed E-state index contributed by atoms with van der Waals surface area (Å²) in [5, 5.41) is 13.1. The summed E-state index contributed by atoms with van der Waals surface area (Å²) in [6.45, 7) is 4.77. The lowest BCUT2D eigenvalue weighted by Gasteiger charge is -2.21. The number of aliphatic hydroxyl groups is 1. The lowest BCUT2D eigenvalue weighted by atomic mass is 9.96. The minimum atomic E-state index is -0.311. The number of para-hydroxylation sites is 2. The molecule has 90 valence electrons. The van der Waals surface area contributed by atoms with Gasteiger partial charge in [-0.3, -0.25) is 0 Å². The molecule has 0 aliphatic heterocycles. The van der Waals surface area contributed by atoms with Crippen LogP contribution in [0.2, 0.25) is 0 Å². The van der Waals surface area contributed by atoms with E-state index in [0.29, 0.717) is 12.5 Å². The molecule has 1 aromatic rings. The highest BCUT2D eigenvalue weighted by atomic mass is 16.3. The second-order valence-corrected chi connectivity index (χ2v) is 4.11. The maximum absolute atomic E-state index is 9.96. The highest BCUT2D eigenvalue weighted by Crippen LogP contribution is 2.18. The van der Waals surface area contributed by atoms with Gasteiger partial charge in [0.1, 0.15) is 0 Å². The predicted octanol–water partition coefficient (Wildman–Crippen LogP) is 2.48. The van der Waals surface area contributed by atoms with Crippen LogP contribution < -0.4 is 11.1 Å². The fourth-order valence-electron chi connectivity index (χ4n) is 1.87. The Hall–Kier alpha value is -1.22. The SMILES string of the molecule is CCC(CC)C(O)CNc1ccccc1N. The topological polar surface area (TPSA) is 58.3 Å². The molecular formula is C13H22N2O. The normalized spacial score (nSPS) is 12.8. The first-order chi connectivity index (χ1) is 7.69. The van der Waals surface area contributed by atoms with E-state index in [2.05, 4.69) is 19.2 Å². The molecule has 0 spiro atoms. The van der Waals surface area contributed by atoms with Gasteiger partial charge in [-0.05, 0) is 18.1 Å². The summed E-state index contributed by atoms with van der Waals surface area (Å²) in [6, 6.07) is 7.61. The molecule has 1 rings (SSSR count). The zero-order valence-corrected chi connectivity index (χ0v) is 10.1. The van der Waals surface area contributed by atoms with E-state index < -0.39 is 0 Å². The van der Waals surface area contributed by atoms with Crippen molar-refractivity contribution >= 4 is 11.4 Å². The van der Waals surface area contributed by atoms with Gasteiger partial charge < -0.3 is 16.2 Å². The molecule has 0 aromatic heterocycles. The average molecular weight is 222 g/mol. The molecule has 4 N–H and O–H groups in total. The van der Waals surface area contributed by atoms with E-state index in [0.717, 1.165) is 24.2 Å². The van der Waals surface area contributed by atoms with Crippen molar-refractivity contribution in [2.45, 2.75) is 32.8 Å². The molecule has 0 heterocycles. The number of aliphatic hydroxyl groups excluding tert-OH is 1. The van der Waals surface area contributed by atoms with E-state index in [1.54, 1.807) is 0 Å². The molecule has 0 amide bonds. The third-order valence-corrected chi connectivity index (χ3v) is 3.06. The number of hydrogen-bond acceptors (Lipinski definition) is 3. The molecule has 16 heavy (non-hydrogen) atoms. The van der Waals surface area contributed by atoms with Crippen molar-refractivity contribution < 1.29 is 5.11 Å². The van der Waals surface area contributed by atoms with Crippen molar-refractivity contribution in [3.05, 3.63) is 24.3 Å².